The van der Waals surface area contributed by atoms with Crippen LogP contribution in [0.25, 0.3) is 0 Å². The molecule has 76 valence electrons. The second-order valence-corrected chi connectivity index (χ2v) is 3.82. The molecule has 0 saturated carbocycles. The predicted molar refractivity (Wildman–Crippen MR) is 61.2 cm³/mol. The first-order valence-electron chi connectivity index (χ1n) is 5.03. The first-order valence-corrected chi connectivity index (χ1v) is 5.03. The van der Waals surface area contributed by atoms with Crippen LogP contribution in [0.5, 0.6) is 0 Å². The summed E-state index contributed by atoms with van der Waals surface area (Å²) in [6, 6.07) is 0. The van der Waals surface area contributed by atoms with Crippen LogP contribution in [-0.2, 0) is 0 Å². The van der Waals surface area contributed by atoms with Crippen molar-refractivity contribution >= 4 is 0 Å². The van der Waals surface area contributed by atoms with Gasteiger partial charge in [-0.2, -0.15) is 0 Å². The molecule has 0 saturated heterocycles. The van der Waals surface area contributed by atoms with Crippen LogP contribution in [0.1, 0.15) is 33.6 Å². The van der Waals surface area contributed by atoms with Crippen molar-refractivity contribution in [2.24, 2.45) is 0 Å². The largest absolute Gasteiger partial charge is 0.512 e. The fourth-order valence-electron chi connectivity index (χ4n) is 1.54. The zero-order chi connectivity index (χ0) is 10.6. The Bertz CT molecular complexity index is 323. The van der Waals surface area contributed by atoms with E-state index >= 15 is 0 Å². The zero-order valence-electron chi connectivity index (χ0n) is 9.17. The van der Waals surface area contributed by atoms with Crippen LogP contribution in [0.15, 0.2) is 46.8 Å². The van der Waals surface area contributed by atoms with Gasteiger partial charge in [0.05, 0.1) is 5.76 Å². The van der Waals surface area contributed by atoms with Crippen molar-refractivity contribution in [2.45, 2.75) is 33.6 Å². The summed E-state index contributed by atoms with van der Waals surface area (Å²) in [4.78, 5) is 0. The van der Waals surface area contributed by atoms with Crippen LogP contribution in [0.2, 0.25) is 0 Å². The summed E-state index contributed by atoms with van der Waals surface area (Å²) in [5, 5.41) is 9.24. The highest BCUT2D eigenvalue weighted by Gasteiger charge is 2.07. The van der Waals surface area contributed by atoms with Gasteiger partial charge in [0, 0.05) is 6.42 Å². The fraction of sp³-hybridized carbons (Fsp3) is 0.385. The first-order chi connectivity index (χ1) is 6.63. The van der Waals surface area contributed by atoms with Gasteiger partial charge in [0.25, 0.3) is 0 Å². The Balaban J connectivity index is 2.88. The summed E-state index contributed by atoms with van der Waals surface area (Å²) in [7, 11) is 0. The lowest BCUT2D eigenvalue weighted by Gasteiger charge is -2.12. The Kier molecular flexibility index (Phi) is 3.75. The molecule has 1 N–H and O–H groups in total. The van der Waals surface area contributed by atoms with E-state index in [4.69, 9.17) is 0 Å². The van der Waals surface area contributed by atoms with Crippen LogP contribution in [-0.4, -0.2) is 5.11 Å². The highest BCUT2D eigenvalue weighted by Crippen LogP contribution is 2.24. The summed E-state index contributed by atoms with van der Waals surface area (Å²) in [6.45, 7) is 6.24. The molecule has 0 heterocycles. The van der Waals surface area contributed by atoms with Gasteiger partial charge in [-0.25, -0.2) is 0 Å². The van der Waals surface area contributed by atoms with Gasteiger partial charge in [-0.05, 0) is 44.4 Å². The van der Waals surface area contributed by atoms with Gasteiger partial charge in [0.15, 0.2) is 0 Å². The lowest BCUT2D eigenvalue weighted by molar-refractivity contribution is 0.386. The van der Waals surface area contributed by atoms with Crippen LogP contribution in [0.3, 0.4) is 0 Å². The van der Waals surface area contributed by atoms with Gasteiger partial charge in [0.1, 0.15) is 0 Å². The third kappa shape index (κ3) is 2.91. The number of hydrogen-bond acceptors (Lipinski definition) is 1. The molecule has 1 nitrogen and oxygen atoms in total. The van der Waals surface area contributed by atoms with E-state index < -0.39 is 0 Å². The maximum atomic E-state index is 9.24. The SMILES string of the molecule is C/C=C(\C=C(C)C)C1=CC=C(O)CC1. The van der Waals surface area contributed by atoms with Crippen molar-refractivity contribution in [3.63, 3.8) is 0 Å². The van der Waals surface area contributed by atoms with Gasteiger partial charge < -0.3 is 5.11 Å². The molecular formula is C13H18O. The maximum Gasteiger partial charge on any atom is 0.0926 e. The summed E-state index contributed by atoms with van der Waals surface area (Å²) < 4.78 is 0. The molecule has 1 rings (SSSR count). The second-order valence-electron chi connectivity index (χ2n) is 3.82. The molecular weight excluding hydrogens is 172 g/mol. The Morgan fingerprint density at radius 1 is 1.29 bits per heavy atom. The minimum absolute atomic E-state index is 0.487. The average Bonchev–Trinajstić information content (AvgIpc) is 2.15. The molecule has 0 aromatic heterocycles. The Morgan fingerprint density at radius 2 is 2.00 bits per heavy atom. The van der Waals surface area contributed by atoms with Crippen LogP contribution < -0.4 is 0 Å². The summed E-state index contributed by atoms with van der Waals surface area (Å²) in [5.41, 5.74) is 3.89. The minimum Gasteiger partial charge on any atom is -0.512 e. The van der Waals surface area contributed by atoms with Crippen molar-refractivity contribution in [3.05, 3.63) is 46.8 Å². The van der Waals surface area contributed by atoms with E-state index in [1.165, 1.54) is 16.7 Å². The van der Waals surface area contributed by atoms with E-state index in [9.17, 15) is 5.11 Å². The van der Waals surface area contributed by atoms with Crippen LogP contribution in [0, 0.1) is 0 Å². The molecule has 0 radical (unpaired) electrons. The van der Waals surface area contributed by atoms with Crippen LogP contribution in [0.4, 0.5) is 0 Å². The minimum atomic E-state index is 0.487. The highest BCUT2D eigenvalue weighted by atomic mass is 16.3. The quantitative estimate of drug-likeness (QED) is 0.651. The number of allylic oxidation sites excluding steroid dienone is 8. The van der Waals surface area contributed by atoms with Crippen molar-refractivity contribution in [3.8, 4) is 0 Å². The molecule has 1 aliphatic carbocycles. The van der Waals surface area contributed by atoms with Crippen LogP contribution >= 0.6 is 0 Å². The molecule has 0 amide bonds. The maximum absolute atomic E-state index is 9.24. The van der Waals surface area contributed by atoms with Gasteiger partial charge in [-0.3, -0.25) is 0 Å². The topological polar surface area (TPSA) is 20.2 Å². The van der Waals surface area contributed by atoms with E-state index in [2.05, 4.69) is 26.0 Å². The first kappa shape index (κ1) is 10.8. The van der Waals surface area contributed by atoms with Crippen molar-refractivity contribution in [1.29, 1.82) is 0 Å². The molecule has 0 unspecified atom stereocenters. The van der Waals surface area contributed by atoms with Crippen molar-refractivity contribution < 1.29 is 5.11 Å². The molecule has 14 heavy (non-hydrogen) atoms. The Hall–Kier alpha value is -1.24. The molecule has 1 heteroatoms. The second kappa shape index (κ2) is 4.85. The monoisotopic (exact) mass is 190 g/mol. The van der Waals surface area contributed by atoms with E-state index in [1.54, 1.807) is 6.08 Å². The lowest BCUT2D eigenvalue weighted by Crippen LogP contribution is -1.95. The predicted octanol–water partition coefficient (Wildman–Crippen LogP) is 4.06. The van der Waals surface area contributed by atoms with Gasteiger partial charge in [0.2, 0.25) is 0 Å². The molecule has 1 aliphatic rings. The molecule has 0 bridgehead atoms. The fourth-order valence-corrected chi connectivity index (χ4v) is 1.54. The average molecular weight is 190 g/mol. The normalized spacial score (nSPS) is 17.2. The van der Waals surface area contributed by atoms with Gasteiger partial charge in [-0.15, -0.1) is 0 Å². The molecule has 0 fully saturated rings. The third-order valence-electron chi connectivity index (χ3n) is 2.25. The van der Waals surface area contributed by atoms with Gasteiger partial charge in [-0.1, -0.05) is 23.8 Å². The van der Waals surface area contributed by atoms with Crippen molar-refractivity contribution in [1.82, 2.24) is 0 Å². The molecule has 0 aromatic rings. The summed E-state index contributed by atoms with van der Waals surface area (Å²) in [6.07, 6.45) is 9.80. The van der Waals surface area contributed by atoms with E-state index in [1.807, 2.05) is 13.0 Å². The lowest BCUT2D eigenvalue weighted by atomic mass is 9.95. The molecule has 0 spiro atoms. The van der Waals surface area contributed by atoms with E-state index in [-0.39, 0.29) is 0 Å². The Morgan fingerprint density at radius 3 is 2.43 bits per heavy atom. The zero-order valence-corrected chi connectivity index (χ0v) is 9.17. The molecule has 0 aromatic carbocycles. The van der Waals surface area contributed by atoms with Gasteiger partial charge >= 0.3 is 0 Å². The summed E-state index contributed by atoms with van der Waals surface area (Å²) in [5.74, 6) is 0.487. The standard InChI is InChI=1S/C13H18O/c1-4-11(9-10(2)3)12-5-7-13(14)8-6-12/h4-5,7,9,14H,6,8H2,1-3H3/b11-4+. The summed E-state index contributed by atoms with van der Waals surface area (Å²) >= 11 is 0. The Labute approximate surface area is 86.1 Å². The number of rotatable bonds is 2. The smallest absolute Gasteiger partial charge is 0.0926 e. The number of aliphatic hydroxyl groups is 1. The number of hydrogen-bond donors (Lipinski definition) is 1. The van der Waals surface area contributed by atoms with Crippen molar-refractivity contribution in [2.75, 3.05) is 0 Å². The van der Waals surface area contributed by atoms with E-state index in [0.717, 1.165) is 12.8 Å². The van der Waals surface area contributed by atoms with E-state index in [0.29, 0.717) is 5.76 Å². The number of aliphatic hydroxyl groups excluding tert-OH is 1. The third-order valence-corrected chi connectivity index (χ3v) is 2.25. The highest BCUT2D eigenvalue weighted by molar-refractivity contribution is 5.44. The molecule has 0 atom stereocenters. The molecule has 0 aliphatic heterocycles.